The van der Waals surface area contributed by atoms with Crippen molar-refractivity contribution in [1.29, 1.82) is 0 Å². The average molecular weight is 306 g/mol. The van der Waals surface area contributed by atoms with Gasteiger partial charge in [0.1, 0.15) is 4.88 Å². The molecule has 0 radical (unpaired) electrons. The van der Waals surface area contributed by atoms with Gasteiger partial charge in [-0.1, -0.05) is 6.92 Å². The molecule has 1 atom stereocenters. The Hall–Kier alpha value is -1.69. The van der Waals surface area contributed by atoms with Crippen LogP contribution in [0, 0.1) is 20.8 Å². The van der Waals surface area contributed by atoms with Crippen LogP contribution in [-0.4, -0.2) is 33.0 Å². The van der Waals surface area contributed by atoms with Gasteiger partial charge in [-0.2, -0.15) is 5.10 Å². The van der Waals surface area contributed by atoms with E-state index < -0.39 is 0 Å². The molecule has 2 heterocycles. The van der Waals surface area contributed by atoms with Gasteiger partial charge in [0.15, 0.2) is 0 Å². The van der Waals surface area contributed by atoms with E-state index in [1.807, 2.05) is 41.7 Å². The zero-order valence-electron chi connectivity index (χ0n) is 13.4. The molecule has 1 amide bonds. The first-order valence-electron chi connectivity index (χ1n) is 7.11. The molecule has 5 nitrogen and oxygen atoms in total. The van der Waals surface area contributed by atoms with E-state index in [0.29, 0.717) is 0 Å². The van der Waals surface area contributed by atoms with E-state index in [1.54, 1.807) is 4.90 Å². The molecule has 0 bridgehead atoms. The first-order chi connectivity index (χ1) is 9.86. The number of nitrogens with zero attached hydrogens (tertiary/aromatic N) is 3. The Morgan fingerprint density at radius 1 is 1.38 bits per heavy atom. The number of thiazole rings is 1. The molecule has 0 saturated heterocycles. The molecule has 0 saturated carbocycles. The van der Waals surface area contributed by atoms with Crippen molar-refractivity contribution >= 4 is 17.2 Å². The predicted octanol–water partition coefficient (Wildman–Crippen LogP) is 3.19. The Morgan fingerprint density at radius 2 is 2.05 bits per heavy atom. The van der Waals surface area contributed by atoms with Crippen molar-refractivity contribution < 1.29 is 4.79 Å². The van der Waals surface area contributed by atoms with Gasteiger partial charge in [-0.3, -0.25) is 9.89 Å². The summed E-state index contributed by atoms with van der Waals surface area (Å²) in [5.74, 6) is 0.0324. The van der Waals surface area contributed by atoms with Crippen molar-refractivity contribution in [1.82, 2.24) is 20.1 Å². The molecule has 1 unspecified atom stereocenters. The number of hydrogen-bond donors (Lipinski definition) is 1. The lowest BCUT2D eigenvalue weighted by atomic mass is 10.1. The lowest BCUT2D eigenvalue weighted by Gasteiger charge is -2.25. The average Bonchev–Trinajstić information content (AvgIpc) is 2.99. The number of carbonyl (C=O) groups excluding carboxylic acids is 1. The van der Waals surface area contributed by atoms with Crippen LogP contribution in [0.25, 0.3) is 0 Å². The first kappa shape index (κ1) is 15.7. The van der Waals surface area contributed by atoms with Gasteiger partial charge < -0.3 is 4.90 Å². The van der Waals surface area contributed by atoms with Gasteiger partial charge in [0.2, 0.25) is 0 Å². The number of carbonyl (C=O) groups is 1. The van der Waals surface area contributed by atoms with Crippen molar-refractivity contribution in [3.63, 3.8) is 0 Å². The minimum absolute atomic E-state index is 0.0247. The molecule has 2 aromatic rings. The summed E-state index contributed by atoms with van der Waals surface area (Å²) in [6.45, 7) is 9.94. The highest BCUT2D eigenvalue weighted by Crippen LogP contribution is 2.28. The van der Waals surface area contributed by atoms with Crippen LogP contribution >= 0.6 is 11.3 Å². The van der Waals surface area contributed by atoms with Crippen LogP contribution in [0.3, 0.4) is 0 Å². The molecule has 0 aliphatic carbocycles. The van der Waals surface area contributed by atoms with Crippen LogP contribution in [-0.2, 0) is 6.42 Å². The third-order valence-corrected chi connectivity index (χ3v) is 4.84. The third-order valence-electron chi connectivity index (χ3n) is 3.84. The first-order valence-corrected chi connectivity index (χ1v) is 7.93. The van der Waals surface area contributed by atoms with E-state index in [-0.39, 0.29) is 11.9 Å². The Labute approximate surface area is 129 Å². The quantitative estimate of drug-likeness (QED) is 0.943. The maximum absolute atomic E-state index is 12.8. The number of rotatable bonds is 4. The standard InChI is InChI=1S/C15H22N4OS/c1-7-12-14(21-11(5)16-12)15(20)19(6)10(4)13-8(2)17-18-9(13)3/h10H,7H2,1-6H3,(H,17,18). The Morgan fingerprint density at radius 3 is 2.57 bits per heavy atom. The Kier molecular flexibility index (Phi) is 4.46. The molecule has 2 rings (SSSR count). The molecule has 0 spiro atoms. The van der Waals surface area contributed by atoms with E-state index in [1.165, 1.54) is 11.3 Å². The zero-order valence-corrected chi connectivity index (χ0v) is 14.3. The fourth-order valence-corrected chi connectivity index (χ4v) is 3.57. The van der Waals surface area contributed by atoms with Gasteiger partial charge in [-0.25, -0.2) is 4.98 Å². The summed E-state index contributed by atoms with van der Waals surface area (Å²) in [4.78, 5) is 19.7. The van der Waals surface area contributed by atoms with Crippen molar-refractivity contribution in [2.24, 2.45) is 0 Å². The smallest absolute Gasteiger partial charge is 0.266 e. The molecular formula is C15H22N4OS. The van der Waals surface area contributed by atoms with Crippen LogP contribution in [0.2, 0.25) is 0 Å². The Balaban J connectivity index is 2.31. The lowest BCUT2D eigenvalue weighted by molar-refractivity contribution is 0.0745. The van der Waals surface area contributed by atoms with Crippen LogP contribution in [0.15, 0.2) is 0 Å². The van der Waals surface area contributed by atoms with E-state index in [9.17, 15) is 4.79 Å². The second kappa shape index (κ2) is 5.97. The molecule has 114 valence electrons. The van der Waals surface area contributed by atoms with Crippen molar-refractivity contribution in [3.05, 3.63) is 32.5 Å². The summed E-state index contributed by atoms with van der Waals surface area (Å²) in [5, 5.41) is 8.13. The van der Waals surface area contributed by atoms with Crippen LogP contribution in [0.1, 0.15) is 57.2 Å². The number of nitrogens with one attached hydrogen (secondary N) is 1. The summed E-state index contributed by atoms with van der Waals surface area (Å²) in [6.07, 6.45) is 0.775. The van der Waals surface area contributed by atoms with Gasteiger partial charge in [-0.05, 0) is 34.1 Å². The number of amides is 1. The monoisotopic (exact) mass is 306 g/mol. The number of aromatic amines is 1. The van der Waals surface area contributed by atoms with Gasteiger partial charge >= 0.3 is 0 Å². The summed E-state index contributed by atoms with van der Waals surface area (Å²) in [5.41, 5.74) is 3.93. The second-order valence-corrected chi connectivity index (χ2v) is 6.51. The number of H-pyrrole nitrogens is 1. The van der Waals surface area contributed by atoms with Crippen molar-refractivity contribution in [3.8, 4) is 0 Å². The summed E-state index contributed by atoms with van der Waals surface area (Å²) in [7, 11) is 1.84. The number of aryl methyl sites for hydroxylation is 4. The van der Waals surface area contributed by atoms with Gasteiger partial charge in [0, 0.05) is 18.3 Å². The molecule has 0 aliphatic heterocycles. The molecular weight excluding hydrogens is 284 g/mol. The molecule has 2 aromatic heterocycles. The fraction of sp³-hybridized carbons (Fsp3) is 0.533. The summed E-state index contributed by atoms with van der Waals surface area (Å²) < 4.78 is 0. The maximum atomic E-state index is 12.8. The molecule has 0 aromatic carbocycles. The molecule has 0 fully saturated rings. The third kappa shape index (κ3) is 2.85. The van der Waals surface area contributed by atoms with E-state index >= 15 is 0 Å². The van der Waals surface area contributed by atoms with Crippen molar-refractivity contribution in [2.45, 2.75) is 47.1 Å². The number of hydrogen-bond acceptors (Lipinski definition) is 4. The van der Waals surface area contributed by atoms with E-state index in [0.717, 1.165) is 39.0 Å². The van der Waals surface area contributed by atoms with E-state index in [4.69, 9.17) is 0 Å². The summed E-state index contributed by atoms with van der Waals surface area (Å²) in [6, 6.07) is -0.0247. The minimum Gasteiger partial charge on any atom is -0.334 e. The zero-order chi connectivity index (χ0) is 15.7. The van der Waals surface area contributed by atoms with Gasteiger partial charge in [-0.15, -0.1) is 11.3 Å². The highest BCUT2D eigenvalue weighted by molar-refractivity contribution is 7.13. The van der Waals surface area contributed by atoms with Crippen LogP contribution < -0.4 is 0 Å². The van der Waals surface area contributed by atoms with Gasteiger partial charge in [0.25, 0.3) is 5.91 Å². The van der Waals surface area contributed by atoms with E-state index in [2.05, 4.69) is 15.2 Å². The van der Waals surface area contributed by atoms with Crippen LogP contribution in [0.4, 0.5) is 0 Å². The fourth-order valence-electron chi connectivity index (χ4n) is 2.58. The number of aromatic nitrogens is 3. The Bertz CT molecular complexity index is 639. The topological polar surface area (TPSA) is 61.9 Å². The van der Waals surface area contributed by atoms with Crippen molar-refractivity contribution in [2.75, 3.05) is 7.05 Å². The van der Waals surface area contributed by atoms with Gasteiger partial charge in [0.05, 0.1) is 22.4 Å². The predicted molar refractivity (Wildman–Crippen MR) is 84.8 cm³/mol. The molecule has 1 N–H and O–H groups in total. The largest absolute Gasteiger partial charge is 0.334 e. The highest BCUT2D eigenvalue weighted by atomic mass is 32.1. The SMILES string of the molecule is CCc1nc(C)sc1C(=O)N(C)C(C)c1c(C)n[nH]c1C. The minimum atomic E-state index is -0.0247. The molecule has 21 heavy (non-hydrogen) atoms. The lowest BCUT2D eigenvalue weighted by Crippen LogP contribution is -2.30. The second-order valence-electron chi connectivity index (χ2n) is 5.30. The maximum Gasteiger partial charge on any atom is 0.266 e. The van der Waals surface area contributed by atoms with Crippen LogP contribution in [0.5, 0.6) is 0 Å². The highest BCUT2D eigenvalue weighted by Gasteiger charge is 2.26. The molecule has 6 heteroatoms. The normalized spacial score (nSPS) is 12.5. The molecule has 0 aliphatic rings. The summed E-state index contributed by atoms with van der Waals surface area (Å²) >= 11 is 1.47.